The van der Waals surface area contributed by atoms with Crippen LogP contribution >= 0.6 is 0 Å². The van der Waals surface area contributed by atoms with Gasteiger partial charge in [-0.25, -0.2) is 24.1 Å². The van der Waals surface area contributed by atoms with Crippen LogP contribution in [-0.2, 0) is 24.4 Å². The van der Waals surface area contributed by atoms with E-state index >= 15 is 0 Å². The maximum Gasteiger partial charge on any atom is 0.337 e. The molecule has 1 aromatic carbocycles. The van der Waals surface area contributed by atoms with Gasteiger partial charge in [0.1, 0.15) is 36.2 Å². The van der Waals surface area contributed by atoms with E-state index in [2.05, 4.69) is 26.8 Å². The minimum absolute atomic E-state index is 0.00206. The molecule has 6 rings (SSSR count). The van der Waals surface area contributed by atoms with Crippen LogP contribution in [-0.4, -0.2) is 71.9 Å². The summed E-state index contributed by atoms with van der Waals surface area (Å²) in [4.78, 5) is 31.7. The monoisotopic (exact) mass is 587 g/mol. The summed E-state index contributed by atoms with van der Waals surface area (Å²) in [5.74, 6) is 0.360. The molecule has 0 bridgehead atoms. The number of hydrogen-bond donors (Lipinski definition) is 1. The summed E-state index contributed by atoms with van der Waals surface area (Å²) in [6.07, 6.45) is 5.45. The van der Waals surface area contributed by atoms with Gasteiger partial charge in [-0.1, -0.05) is 0 Å². The van der Waals surface area contributed by atoms with Crippen molar-refractivity contribution < 1.29 is 28.5 Å². The minimum Gasteiger partial charge on any atom is -0.484 e. The van der Waals surface area contributed by atoms with Crippen molar-refractivity contribution in [2.45, 2.75) is 64.1 Å². The Morgan fingerprint density at radius 3 is 2.84 bits per heavy atom. The number of rotatable bonds is 10. The number of carboxylic acid groups (broad SMARTS) is 1. The van der Waals surface area contributed by atoms with Gasteiger partial charge in [0, 0.05) is 37.7 Å². The van der Waals surface area contributed by atoms with Crippen molar-refractivity contribution in [3.05, 3.63) is 71.3 Å². The van der Waals surface area contributed by atoms with E-state index < -0.39 is 11.8 Å². The first kappa shape index (κ1) is 28.4. The molecule has 222 valence electrons. The second-order valence-corrected chi connectivity index (χ2v) is 10.7. The lowest BCUT2D eigenvalue weighted by Crippen LogP contribution is -2.44. The van der Waals surface area contributed by atoms with Crippen LogP contribution in [0.5, 0.6) is 11.6 Å². The SMILES string of the molecule is C[C@H]1C[C@@H](Oc2ccnc(COc3ccc(F)cc3C#N)n2)CCN1Cc1nc2ncc(C(=O)O)cc2n1C[C@@H]1CCO1. The Morgan fingerprint density at radius 2 is 2.09 bits per heavy atom. The highest BCUT2D eigenvalue weighted by atomic mass is 19.1. The van der Waals surface area contributed by atoms with Gasteiger partial charge >= 0.3 is 5.97 Å². The van der Waals surface area contributed by atoms with Crippen molar-refractivity contribution in [3.8, 4) is 17.7 Å². The van der Waals surface area contributed by atoms with Crippen LogP contribution < -0.4 is 9.47 Å². The third-order valence-electron chi connectivity index (χ3n) is 7.81. The van der Waals surface area contributed by atoms with Gasteiger partial charge in [0.2, 0.25) is 5.88 Å². The van der Waals surface area contributed by atoms with E-state index in [9.17, 15) is 19.6 Å². The lowest BCUT2D eigenvalue weighted by atomic mass is 10.0. The number of likely N-dealkylation sites (tertiary alicyclic amines) is 1. The first-order valence-electron chi connectivity index (χ1n) is 14.1. The summed E-state index contributed by atoms with van der Waals surface area (Å²) >= 11 is 0. The fourth-order valence-electron chi connectivity index (χ4n) is 5.37. The molecule has 12 nitrogen and oxygen atoms in total. The molecule has 2 aliphatic rings. The summed E-state index contributed by atoms with van der Waals surface area (Å²) in [7, 11) is 0. The van der Waals surface area contributed by atoms with Gasteiger partial charge in [-0.05, 0) is 50.5 Å². The first-order valence-corrected chi connectivity index (χ1v) is 14.1. The Kier molecular flexibility index (Phi) is 8.13. The van der Waals surface area contributed by atoms with E-state index in [1.165, 1.54) is 18.3 Å². The number of aromatic nitrogens is 5. The Balaban J connectivity index is 1.09. The molecule has 3 atom stereocenters. The molecule has 3 aromatic heterocycles. The molecule has 0 unspecified atom stereocenters. The molecule has 2 fully saturated rings. The number of carboxylic acids is 1. The highest BCUT2D eigenvalue weighted by Gasteiger charge is 2.30. The zero-order valence-corrected chi connectivity index (χ0v) is 23.5. The molecular weight excluding hydrogens is 557 g/mol. The van der Waals surface area contributed by atoms with Crippen molar-refractivity contribution in [1.82, 2.24) is 29.4 Å². The van der Waals surface area contributed by atoms with Gasteiger partial charge in [0.05, 0.1) is 35.8 Å². The van der Waals surface area contributed by atoms with Crippen LogP contribution in [0.25, 0.3) is 11.2 Å². The molecular formula is C30H30FN7O5. The highest BCUT2D eigenvalue weighted by Crippen LogP contribution is 2.27. The second-order valence-electron chi connectivity index (χ2n) is 10.7. The Morgan fingerprint density at radius 1 is 1.23 bits per heavy atom. The number of pyridine rings is 1. The zero-order chi connectivity index (χ0) is 29.9. The number of hydrogen-bond acceptors (Lipinski definition) is 10. The van der Waals surface area contributed by atoms with Gasteiger partial charge in [0.25, 0.3) is 0 Å². The van der Waals surface area contributed by atoms with Crippen molar-refractivity contribution in [2.75, 3.05) is 13.2 Å². The number of piperidine rings is 1. The minimum atomic E-state index is -1.02. The number of benzene rings is 1. The number of nitriles is 1. The molecule has 0 spiro atoms. The fourth-order valence-corrected chi connectivity index (χ4v) is 5.37. The van der Waals surface area contributed by atoms with Crippen molar-refractivity contribution in [2.24, 2.45) is 0 Å². The molecule has 2 saturated heterocycles. The van der Waals surface area contributed by atoms with Crippen LogP contribution in [0, 0.1) is 17.1 Å². The Bertz CT molecular complexity index is 1690. The summed E-state index contributed by atoms with van der Waals surface area (Å²) in [6.45, 7) is 4.83. The van der Waals surface area contributed by atoms with E-state index in [0.29, 0.717) is 36.0 Å². The molecule has 4 aromatic rings. The topological polar surface area (TPSA) is 149 Å². The maximum absolute atomic E-state index is 13.4. The number of ether oxygens (including phenoxy) is 3. The average molecular weight is 588 g/mol. The first-order chi connectivity index (χ1) is 20.9. The number of imidazole rings is 1. The molecule has 0 aliphatic carbocycles. The van der Waals surface area contributed by atoms with Crippen molar-refractivity contribution >= 4 is 17.1 Å². The largest absolute Gasteiger partial charge is 0.484 e. The third-order valence-corrected chi connectivity index (χ3v) is 7.81. The van der Waals surface area contributed by atoms with Crippen LogP contribution in [0.15, 0.2) is 42.7 Å². The Hall–Kier alpha value is -4.67. The van der Waals surface area contributed by atoms with Crippen molar-refractivity contribution in [3.63, 3.8) is 0 Å². The van der Waals surface area contributed by atoms with Crippen molar-refractivity contribution in [1.29, 1.82) is 5.26 Å². The van der Waals surface area contributed by atoms with E-state index in [0.717, 1.165) is 44.3 Å². The summed E-state index contributed by atoms with van der Waals surface area (Å²) in [6, 6.07) is 9.19. The number of carbonyl (C=O) groups is 1. The lowest BCUT2D eigenvalue weighted by molar-refractivity contribution is -0.0593. The summed E-state index contributed by atoms with van der Waals surface area (Å²) < 4.78 is 33.0. The molecule has 2 aliphatic heterocycles. The van der Waals surface area contributed by atoms with Crippen LogP contribution in [0.1, 0.15) is 53.8 Å². The number of aromatic carboxylic acids is 1. The predicted octanol–water partition coefficient (Wildman–Crippen LogP) is 3.73. The molecule has 0 amide bonds. The average Bonchev–Trinajstić information content (AvgIpc) is 3.31. The van der Waals surface area contributed by atoms with Gasteiger partial charge in [0.15, 0.2) is 11.5 Å². The highest BCUT2D eigenvalue weighted by molar-refractivity contribution is 5.91. The van der Waals surface area contributed by atoms with E-state index in [1.54, 1.807) is 18.3 Å². The normalized spacial score (nSPS) is 20.3. The standard InChI is InChI=1S/C30H30FN7O5/c1-18-10-22(43-28-4-7-33-26(35-28)17-42-25-3-2-21(31)11-19(25)13-32)5-8-37(18)16-27-36-29-24(12-20(14-34-29)30(39)40)38(27)15-23-6-9-41-23/h2-4,7,11-12,14,18,22-23H,5-6,8-10,15-17H2,1H3,(H,39,40)/t18-,22-,23-/m0/s1. The van der Waals surface area contributed by atoms with E-state index in [1.807, 2.05) is 10.6 Å². The molecule has 5 heterocycles. The molecule has 13 heteroatoms. The number of nitrogens with zero attached hydrogens (tertiary/aromatic N) is 7. The number of halogens is 1. The smallest absolute Gasteiger partial charge is 0.337 e. The third kappa shape index (κ3) is 6.40. The second kappa shape index (κ2) is 12.3. The number of fused-ring (bicyclic) bond motifs is 1. The quantitative estimate of drug-likeness (QED) is 0.289. The zero-order valence-electron chi connectivity index (χ0n) is 23.5. The van der Waals surface area contributed by atoms with Crippen LogP contribution in [0.4, 0.5) is 4.39 Å². The summed E-state index contributed by atoms with van der Waals surface area (Å²) in [5, 5.41) is 18.7. The molecule has 0 radical (unpaired) electrons. The van der Waals surface area contributed by atoms with Crippen LogP contribution in [0.2, 0.25) is 0 Å². The van der Waals surface area contributed by atoms with E-state index in [-0.39, 0.29) is 41.7 Å². The molecule has 0 saturated carbocycles. The van der Waals surface area contributed by atoms with Gasteiger partial charge in [-0.15, -0.1) is 0 Å². The molecule has 1 N–H and O–H groups in total. The van der Waals surface area contributed by atoms with Gasteiger partial charge in [-0.2, -0.15) is 10.2 Å². The molecule has 43 heavy (non-hydrogen) atoms. The fraction of sp³-hybridized carbons (Fsp3) is 0.400. The summed E-state index contributed by atoms with van der Waals surface area (Å²) in [5.41, 5.74) is 1.45. The predicted molar refractivity (Wildman–Crippen MR) is 150 cm³/mol. The lowest BCUT2D eigenvalue weighted by Gasteiger charge is -2.37. The van der Waals surface area contributed by atoms with Gasteiger partial charge in [-0.3, -0.25) is 4.90 Å². The van der Waals surface area contributed by atoms with Crippen LogP contribution in [0.3, 0.4) is 0 Å². The van der Waals surface area contributed by atoms with E-state index in [4.69, 9.17) is 19.2 Å². The maximum atomic E-state index is 13.4. The van der Waals surface area contributed by atoms with Gasteiger partial charge < -0.3 is 23.9 Å². The Labute approximate surface area is 246 Å².